The summed E-state index contributed by atoms with van der Waals surface area (Å²) in [5, 5.41) is 11.5. The molecule has 17 heavy (non-hydrogen) atoms. The summed E-state index contributed by atoms with van der Waals surface area (Å²) in [7, 11) is 0. The minimum atomic E-state index is -0.225. The lowest BCUT2D eigenvalue weighted by molar-refractivity contribution is 0.0862. The van der Waals surface area contributed by atoms with Crippen LogP contribution in [0.25, 0.3) is 0 Å². The fourth-order valence-electron chi connectivity index (χ4n) is 1.76. The lowest BCUT2D eigenvalue weighted by Crippen LogP contribution is -2.39. The van der Waals surface area contributed by atoms with Gasteiger partial charge in [0.05, 0.1) is 17.7 Å². The molecule has 5 nitrogen and oxygen atoms in total. The second-order valence-corrected chi connectivity index (χ2v) is 3.99. The predicted molar refractivity (Wildman–Crippen MR) is 60.2 cm³/mol. The minimum absolute atomic E-state index is 0.0392. The standard InChI is InChI=1S/C12H13N3O2/c1-8-10(4-5-17-8)15-12(16)11-3-2-9(6-13)7-14-11/h2-3,7-8,10H,4-5H2,1H3,(H,15,16). The van der Waals surface area contributed by atoms with Crippen molar-refractivity contribution in [2.75, 3.05) is 6.61 Å². The summed E-state index contributed by atoms with van der Waals surface area (Å²) in [4.78, 5) is 15.8. The van der Waals surface area contributed by atoms with Gasteiger partial charge < -0.3 is 10.1 Å². The van der Waals surface area contributed by atoms with Gasteiger partial charge in [-0.15, -0.1) is 0 Å². The zero-order valence-electron chi connectivity index (χ0n) is 9.51. The first-order chi connectivity index (χ1) is 8.20. The molecule has 1 aliphatic rings. The maximum atomic E-state index is 11.8. The third-order valence-corrected chi connectivity index (χ3v) is 2.82. The van der Waals surface area contributed by atoms with Crippen molar-refractivity contribution in [3.05, 3.63) is 29.6 Å². The van der Waals surface area contributed by atoms with Crippen LogP contribution in [0.15, 0.2) is 18.3 Å². The SMILES string of the molecule is CC1OCCC1NC(=O)c1ccc(C#N)cn1. The van der Waals surface area contributed by atoms with Gasteiger partial charge in [0.1, 0.15) is 11.8 Å². The molecule has 0 saturated carbocycles. The van der Waals surface area contributed by atoms with Crippen molar-refractivity contribution in [1.29, 1.82) is 5.26 Å². The van der Waals surface area contributed by atoms with E-state index in [1.165, 1.54) is 6.20 Å². The average molecular weight is 231 g/mol. The number of carbonyl (C=O) groups is 1. The van der Waals surface area contributed by atoms with Gasteiger partial charge in [-0.1, -0.05) is 0 Å². The molecule has 1 saturated heterocycles. The summed E-state index contributed by atoms with van der Waals surface area (Å²) in [5.74, 6) is -0.225. The second kappa shape index (κ2) is 4.93. The molecule has 0 aliphatic carbocycles. The minimum Gasteiger partial charge on any atom is -0.376 e. The second-order valence-electron chi connectivity index (χ2n) is 3.99. The van der Waals surface area contributed by atoms with Crippen LogP contribution in [-0.4, -0.2) is 29.6 Å². The highest BCUT2D eigenvalue weighted by atomic mass is 16.5. The highest BCUT2D eigenvalue weighted by Crippen LogP contribution is 2.13. The largest absolute Gasteiger partial charge is 0.376 e. The van der Waals surface area contributed by atoms with E-state index in [1.807, 2.05) is 13.0 Å². The first-order valence-electron chi connectivity index (χ1n) is 5.49. The van der Waals surface area contributed by atoms with Gasteiger partial charge in [-0.3, -0.25) is 4.79 Å². The predicted octanol–water partition coefficient (Wildman–Crippen LogP) is 0.860. The average Bonchev–Trinajstić information content (AvgIpc) is 2.75. The lowest BCUT2D eigenvalue weighted by Gasteiger charge is -2.15. The zero-order chi connectivity index (χ0) is 12.3. The molecule has 1 fully saturated rings. The van der Waals surface area contributed by atoms with Crippen molar-refractivity contribution in [3.8, 4) is 6.07 Å². The van der Waals surface area contributed by atoms with E-state index in [1.54, 1.807) is 12.1 Å². The van der Waals surface area contributed by atoms with E-state index in [0.29, 0.717) is 17.9 Å². The number of carbonyl (C=O) groups excluding carboxylic acids is 1. The van der Waals surface area contributed by atoms with Crippen LogP contribution in [0.3, 0.4) is 0 Å². The zero-order valence-corrected chi connectivity index (χ0v) is 9.51. The van der Waals surface area contributed by atoms with Crippen LogP contribution in [0.5, 0.6) is 0 Å². The van der Waals surface area contributed by atoms with Crippen LogP contribution >= 0.6 is 0 Å². The number of aromatic nitrogens is 1. The summed E-state index contributed by atoms with van der Waals surface area (Å²) < 4.78 is 5.36. The van der Waals surface area contributed by atoms with E-state index in [4.69, 9.17) is 10.00 Å². The molecule has 5 heteroatoms. The van der Waals surface area contributed by atoms with Crippen molar-refractivity contribution in [2.45, 2.75) is 25.5 Å². The van der Waals surface area contributed by atoms with Crippen molar-refractivity contribution in [1.82, 2.24) is 10.3 Å². The Hall–Kier alpha value is -1.93. The highest BCUT2D eigenvalue weighted by molar-refractivity contribution is 5.92. The number of rotatable bonds is 2. The molecule has 0 bridgehead atoms. The lowest BCUT2D eigenvalue weighted by atomic mass is 10.1. The molecule has 2 atom stereocenters. The molecular weight excluding hydrogens is 218 g/mol. The molecule has 1 amide bonds. The van der Waals surface area contributed by atoms with E-state index in [-0.39, 0.29) is 18.1 Å². The third-order valence-electron chi connectivity index (χ3n) is 2.82. The molecule has 1 N–H and O–H groups in total. The number of nitriles is 1. The van der Waals surface area contributed by atoms with Crippen LogP contribution in [0.2, 0.25) is 0 Å². The normalized spacial score (nSPS) is 23.1. The summed E-state index contributed by atoms with van der Waals surface area (Å²) in [6.45, 7) is 2.61. The molecule has 2 unspecified atom stereocenters. The van der Waals surface area contributed by atoms with Crippen LogP contribution in [0.1, 0.15) is 29.4 Å². The number of amides is 1. The Balaban J connectivity index is 2.02. The molecule has 2 heterocycles. The summed E-state index contributed by atoms with van der Waals surface area (Å²) in [6.07, 6.45) is 2.25. The molecule has 1 aromatic rings. The van der Waals surface area contributed by atoms with Crippen LogP contribution in [0.4, 0.5) is 0 Å². The fraction of sp³-hybridized carbons (Fsp3) is 0.417. The topological polar surface area (TPSA) is 75.0 Å². The Morgan fingerprint density at radius 1 is 1.65 bits per heavy atom. The molecule has 2 rings (SSSR count). The van der Waals surface area contributed by atoms with Crippen LogP contribution in [0, 0.1) is 11.3 Å². The number of hydrogen-bond acceptors (Lipinski definition) is 4. The molecule has 1 aliphatic heterocycles. The van der Waals surface area contributed by atoms with Gasteiger partial charge in [0.15, 0.2) is 0 Å². The van der Waals surface area contributed by atoms with Crippen LogP contribution < -0.4 is 5.32 Å². The summed E-state index contributed by atoms with van der Waals surface area (Å²) in [6, 6.07) is 5.13. The Bertz CT molecular complexity index is 450. The molecule has 88 valence electrons. The molecule has 1 aromatic heterocycles. The third kappa shape index (κ3) is 2.60. The molecule has 0 aromatic carbocycles. The summed E-state index contributed by atoms with van der Waals surface area (Å²) >= 11 is 0. The number of nitrogens with zero attached hydrogens (tertiary/aromatic N) is 2. The highest BCUT2D eigenvalue weighted by Gasteiger charge is 2.26. The smallest absolute Gasteiger partial charge is 0.270 e. The van der Waals surface area contributed by atoms with E-state index < -0.39 is 0 Å². The van der Waals surface area contributed by atoms with Gasteiger partial charge in [0.2, 0.25) is 0 Å². The number of hydrogen-bond donors (Lipinski definition) is 1. The fourth-order valence-corrected chi connectivity index (χ4v) is 1.76. The van der Waals surface area contributed by atoms with Crippen molar-refractivity contribution < 1.29 is 9.53 Å². The number of pyridine rings is 1. The maximum absolute atomic E-state index is 11.8. The monoisotopic (exact) mass is 231 g/mol. The van der Waals surface area contributed by atoms with Crippen molar-refractivity contribution in [3.63, 3.8) is 0 Å². The van der Waals surface area contributed by atoms with Crippen molar-refractivity contribution >= 4 is 5.91 Å². The molecule has 0 radical (unpaired) electrons. The van der Waals surface area contributed by atoms with E-state index >= 15 is 0 Å². The number of ether oxygens (including phenoxy) is 1. The van der Waals surface area contributed by atoms with Crippen LogP contribution in [-0.2, 0) is 4.74 Å². The first kappa shape index (κ1) is 11.6. The maximum Gasteiger partial charge on any atom is 0.270 e. The summed E-state index contributed by atoms with van der Waals surface area (Å²) in [5.41, 5.74) is 0.766. The van der Waals surface area contributed by atoms with E-state index in [0.717, 1.165) is 6.42 Å². The van der Waals surface area contributed by atoms with Gasteiger partial charge in [-0.25, -0.2) is 4.98 Å². The molecule has 0 spiro atoms. The Morgan fingerprint density at radius 3 is 3.00 bits per heavy atom. The molecular formula is C12H13N3O2. The Kier molecular flexibility index (Phi) is 3.35. The van der Waals surface area contributed by atoms with Crippen molar-refractivity contribution in [2.24, 2.45) is 0 Å². The van der Waals surface area contributed by atoms with E-state index in [2.05, 4.69) is 10.3 Å². The Morgan fingerprint density at radius 2 is 2.47 bits per heavy atom. The van der Waals surface area contributed by atoms with Gasteiger partial charge in [-0.05, 0) is 25.5 Å². The number of nitrogens with one attached hydrogen (secondary N) is 1. The van der Waals surface area contributed by atoms with Gasteiger partial charge in [0.25, 0.3) is 5.91 Å². The first-order valence-corrected chi connectivity index (χ1v) is 5.49. The van der Waals surface area contributed by atoms with Gasteiger partial charge >= 0.3 is 0 Å². The quantitative estimate of drug-likeness (QED) is 0.819. The van der Waals surface area contributed by atoms with Gasteiger partial charge in [-0.2, -0.15) is 5.26 Å². The van der Waals surface area contributed by atoms with E-state index in [9.17, 15) is 4.79 Å². The Labute approximate surface area is 99.4 Å². The van der Waals surface area contributed by atoms with Gasteiger partial charge in [0, 0.05) is 12.8 Å².